The van der Waals surface area contributed by atoms with E-state index in [1.165, 1.54) is 0 Å². The summed E-state index contributed by atoms with van der Waals surface area (Å²) >= 11 is 0. The highest BCUT2D eigenvalue weighted by atomic mass is 16.2. The average molecular weight is 362 g/mol. The highest BCUT2D eigenvalue weighted by molar-refractivity contribution is 5.98. The minimum Gasteiger partial charge on any atom is -0.351 e. The number of nitrogens with one attached hydrogen (secondary N) is 1. The van der Waals surface area contributed by atoms with Crippen molar-refractivity contribution in [1.29, 1.82) is 5.26 Å². The molecule has 1 N–H and O–H groups in total. The maximum Gasteiger partial charge on any atom is 0.269 e. The van der Waals surface area contributed by atoms with E-state index in [4.69, 9.17) is 0 Å². The molecular weight excluding hydrogens is 340 g/mol. The summed E-state index contributed by atoms with van der Waals surface area (Å²) in [5.41, 5.74) is 2.81. The smallest absolute Gasteiger partial charge is 0.269 e. The van der Waals surface area contributed by atoms with E-state index < -0.39 is 5.41 Å². The second kappa shape index (κ2) is 6.27. The quantitative estimate of drug-likeness (QED) is 0.912. The van der Waals surface area contributed by atoms with E-state index in [0.29, 0.717) is 31.6 Å². The van der Waals surface area contributed by atoms with E-state index in [1.807, 2.05) is 29.2 Å². The van der Waals surface area contributed by atoms with Crippen LogP contribution in [0.4, 0.5) is 0 Å². The number of fused-ring (bicyclic) bond motifs is 1. The monoisotopic (exact) mass is 362 g/mol. The van der Waals surface area contributed by atoms with Gasteiger partial charge in [-0.1, -0.05) is 18.2 Å². The van der Waals surface area contributed by atoms with Gasteiger partial charge in [-0.25, -0.2) is 0 Å². The SMILES string of the molecule is CN(C)C(=O)c1cc2ccc(C3=CCCN(C(=O)C4(C#N)CC4)C3)cc2[nH]1. The predicted octanol–water partition coefficient (Wildman–Crippen LogP) is 2.79. The zero-order valence-electron chi connectivity index (χ0n) is 15.6. The molecule has 2 aliphatic rings. The summed E-state index contributed by atoms with van der Waals surface area (Å²) in [6.45, 7) is 1.19. The summed E-state index contributed by atoms with van der Waals surface area (Å²) in [4.78, 5) is 31.4. The molecular formula is C21H22N4O2. The van der Waals surface area contributed by atoms with Gasteiger partial charge >= 0.3 is 0 Å². The first kappa shape index (κ1) is 17.3. The summed E-state index contributed by atoms with van der Waals surface area (Å²) in [7, 11) is 3.46. The van der Waals surface area contributed by atoms with Gasteiger partial charge in [-0.05, 0) is 42.5 Å². The van der Waals surface area contributed by atoms with Gasteiger partial charge in [0.2, 0.25) is 5.91 Å². The topological polar surface area (TPSA) is 80.2 Å². The standard InChI is InChI=1S/C21H22N4O2/c1-24(2)19(26)18-11-15-6-5-14(10-17(15)23-18)16-4-3-9-25(12-16)20(27)21(13-22)7-8-21/h4-6,10-11,23H,3,7-9,12H2,1-2H3. The van der Waals surface area contributed by atoms with Crippen LogP contribution in [-0.2, 0) is 4.79 Å². The molecule has 1 saturated carbocycles. The largest absolute Gasteiger partial charge is 0.351 e. The Hall–Kier alpha value is -3.07. The molecule has 27 heavy (non-hydrogen) atoms. The number of benzene rings is 1. The van der Waals surface area contributed by atoms with Gasteiger partial charge < -0.3 is 14.8 Å². The number of carbonyl (C=O) groups is 2. The zero-order chi connectivity index (χ0) is 19.2. The Balaban J connectivity index is 1.58. The number of rotatable bonds is 3. The van der Waals surface area contributed by atoms with Gasteiger partial charge in [0, 0.05) is 38.1 Å². The van der Waals surface area contributed by atoms with Gasteiger partial charge in [-0.2, -0.15) is 5.26 Å². The summed E-state index contributed by atoms with van der Waals surface area (Å²) in [6, 6.07) is 10.1. The molecule has 2 aromatic rings. The fourth-order valence-corrected chi connectivity index (χ4v) is 3.61. The lowest BCUT2D eigenvalue weighted by Crippen LogP contribution is -2.40. The summed E-state index contributed by atoms with van der Waals surface area (Å²) in [5.74, 6) is -0.0944. The van der Waals surface area contributed by atoms with Crippen molar-refractivity contribution < 1.29 is 9.59 Å². The molecule has 138 valence electrons. The zero-order valence-corrected chi connectivity index (χ0v) is 15.6. The molecule has 1 aromatic heterocycles. The van der Waals surface area contributed by atoms with Crippen molar-refractivity contribution in [2.24, 2.45) is 5.41 Å². The Kier molecular flexibility index (Phi) is 4.03. The predicted molar refractivity (Wildman–Crippen MR) is 103 cm³/mol. The van der Waals surface area contributed by atoms with Crippen LogP contribution in [0.3, 0.4) is 0 Å². The van der Waals surface area contributed by atoms with E-state index >= 15 is 0 Å². The lowest BCUT2D eigenvalue weighted by molar-refractivity contribution is -0.134. The molecule has 1 aromatic carbocycles. The van der Waals surface area contributed by atoms with Crippen LogP contribution >= 0.6 is 0 Å². The number of hydrogen-bond donors (Lipinski definition) is 1. The van der Waals surface area contributed by atoms with Crippen molar-refractivity contribution >= 4 is 28.3 Å². The van der Waals surface area contributed by atoms with Crippen molar-refractivity contribution in [2.75, 3.05) is 27.2 Å². The third-order valence-electron chi connectivity index (χ3n) is 5.44. The first-order chi connectivity index (χ1) is 12.9. The molecule has 1 fully saturated rings. The molecule has 1 aliphatic carbocycles. The molecule has 0 spiro atoms. The lowest BCUT2D eigenvalue weighted by Gasteiger charge is -2.29. The Labute approximate surface area is 158 Å². The molecule has 1 aliphatic heterocycles. The number of carbonyl (C=O) groups excluding carboxylic acids is 2. The number of hydrogen-bond acceptors (Lipinski definition) is 3. The van der Waals surface area contributed by atoms with Crippen LogP contribution in [0, 0.1) is 16.7 Å². The molecule has 6 heteroatoms. The Morgan fingerprint density at radius 3 is 2.70 bits per heavy atom. The number of nitriles is 1. The van der Waals surface area contributed by atoms with Crippen molar-refractivity contribution in [3.05, 3.63) is 41.6 Å². The highest BCUT2D eigenvalue weighted by Crippen LogP contribution is 2.47. The van der Waals surface area contributed by atoms with Gasteiger partial charge in [0.1, 0.15) is 11.1 Å². The van der Waals surface area contributed by atoms with Crippen LogP contribution < -0.4 is 0 Å². The second-order valence-corrected chi connectivity index (χ2v) is 7.62. The first-order valence-corrected chi connectivity index (χ1v) is 9.18. The fourth-order valence-electron chi connectivity index (χ4n) is 3.61. The second-order valence-electron chi connectivity index (χ2n) is 7.62. The van der Waals surface area contributed by atoms with Gasteiger partial charge in [0.05, 0.1) is 6.07 Å². The number of nitrogens with zero attached hydrogens (tertiary/aromatic N) is 3. The highest BCUT2D eigenvalue weighted by Gasteiger charge is 2.52. The van der Waals surface area contributed by atoms with Crippen LogP contribution in [0.2, 0.25) is 0 Å². The number of aromatic amines is 1. The van der Waals surface area contributed by atoms with E-state index in [-0.39, 0.29) is 11.8 Å². The van der Waals surface area contributed by atoms with Crippen molar-refractivity contribution in [3.63, 3.8) is 0 Å². The molecule has 2 amide bonds. The van der Waals surface area contributed by atoms with E-state index in [1.54, 1.807) is 19.0 Å². The number of H-pyrrole nitrogens is 1. The minimum atomic E-state index is -0.771. The van der Waals surface area contributed by atoms with Crippen LogP contribution in [-0.4, -0.2) is 53.8 Å². The molecule has 0 saturated heterocycles. The molecule has 0 atom stereocenters. The maximum absolute atomic E-state index is 12.7. The van der Waals surface area contributed by atoms with Crippen molar-refractivity contribution in [2.45, 2.75) is 19.3 Å². The van der Waals surface area contributed by atoms with Crippen LogP contribution in [0.25, 0.3) is 16.5 Å². The molecule has 0 radical (unpaired) electrons. The van der Waals surface area contributed by atoms with Crippen molar-refractivity contribution in [3.8, 4) is 6.07 Å². The van der Waals surface area contributed by atoms with Crippen LogP contribution in [0.1, 0.15) is 35.3 Å². The van der Waals surface area contributed by atoms with Gasteiger partial charge in [0.25, 0.3) is 5.91 Å². The third kappa shape index (κ3) is 2.99. The van der Waals surface area contributed by atoms with E-state index in [9.17, 15) is 14.9 Å². The molecule has 6 nitrogen and oxygen atoms in total. The number of amides is 2. The van der Waals surface area contributed by atoms with E-state index in [2.05, 4.69) is 17.1 Å². The van der Waals surface area contributed by atoms with Crippen LogP contribution in [0.15, 0.2) is 30.3 Å². The Morgan fingerprint density at radius 2 is 2.04 bits per heavy atom. The van der Waals surface area contributed by atoms with Crippen LogP contribution in [0.5, 0.6) is 0 Å². The first-order valence-electron chi connectivity index (χ1n) is 9.18. The average Bonchev–Trinajstić information content (AvgIpc) is 3.38. The minimum absolute atomic E-state index is 0.0320. The summed E-state index contributed by atoms with van der Waals surface area (Å²) in [6.07, 6.45) is 4.30. The van der Waals surface area contributed by atoms with Gasteiger partial charge in [-0.3, -0.25) is 9.59 Å². The summed E-state index contributed by atoms with van der Waals surface area (Å²) < 4.78 is 0. The third-order valence-corrected chi connectivity index (χ3v) is 5.44. The van der Waals surface area contributed by atoms with Gasteiger partial charge in [-0.15, -0.1) is 0 Å². The molecule has 0 unspecified atom stereocenters. The Bertz CT molecular complexity index is 1000. The summed E-state index contributed by atoms with van der Waals surface area (Å²) in [5, 5.41) is 10.3. The molecule has 2 heterocycles. The fraction of sp³-hybridized carbons (Fsp3) is 0.381. The van der Waals surface area contributed by atoms with Crippen molar-refractivity contribution in [1.82, 2.24) is 14.8 Å². The lowest BCUT2D eigenvalue weighted by atomic mass is 9.98. The maximum atomic E-state index is 12.7. The van der Waals surface area contributed by atoms with E-state index in [0.717, 1.165) is 28.5 Å². The van der Waals surface area contributed by atoms with Gasteiger partial charge in [0.15, 0.2) is 0 Å². The number of aromatic nitrogens is 1. The normalized spacial score (nSPS) is 18.0. The Morgan fingerprint density at radius 1 is 1.26 bits per heavy atom. The molecule has 0 bridgehead atoms. The molecule has 4 rings (SSSR count).